The highest BCUT2D eigenvalue weighted by Gasteiger charge is 2.17. The van der Waals surface area contributed by atoms with Crippen LogP contribution in [0.1, 0.15) is 27.2 Å². The Labute approximate surface area is 225 Å². The van der Waals surface area contributed by atoms with Gasteiger partial charge in [0.1, 0.15) is 0 Å². The molecule has 0 saturated carbocycles. The number of hydrazone groups is 1. The minimum atomic E-state index is -0.497. The van der Waals surface area contributed by atoms with E-state index in [4.69, 9.17) is 0 Å². The van der Waals surface area contributed by atoms with Crippen molar-refractivity contribution < 1.29 is 9.72 Å². The summed E-state index contributed by atoms with van der Waals surface area (Å²) in [6.07, 6.45) is 1.39. The molecule has 0 saturated heterocycles. The molecule has 5 rings (SSSR count). The van der Waals surface area contributed by atoms with E-state index in [1.165, 1.54) is 18.3 Å². The predicted molar refractivity (Wildman–Crippen MR) is 152 cm³/mol. The average Bonchev–Trinajstić information content (AvgIpc) is 3.40. The maximum absolute atomic E-state index is 13.0. The molecule has 4 aromatic carbocycles. The Morgan fingerprint density at radius 3 is 2.31 bits per heavy atom. The summed E-state index contributed by atoms with van der Waals surface area (Å²) in [5.74, 6) is -0.497. The Bertz CT molecular complexity index is 1690. The molecule has 0 unspecified atom stereocenters. The topological polar surface area (TPSA) is 102 Å². The van der Waals surface area contributed by atoms with Crippen LogP contribution in [0.5, 0.6) is 0 Å². The van der Waals surface area contributed by atoms with Crippen molar-refractivity contribution in [2.75, 3.05) is 0 Å². The maximum Gasteiger partial charge on any atom is 0.291 e. The minimum Gasteiger partial charge on any atom is -0.265 e. The number of nitrogens with one attached hydrogen (secondary N) is 1. The lowest BCUT2D eigenvalue weighted by Gasteiger charge is -2.09. The van der Waals surface area contributed by atoms with Gasteiger partial charge in [0.15, 0.2) is 5.69 Å². The number of nitro benzene ring substituents is 1. The van der Waals surface area contributed by atoms with E-state index in [-0.39, 0.29) is 11.4 Å². The van der Waals surface area contributed by atoms with Crippen LogP contribution in [0.3, 0.4) is 0 Å². The number of hydrogen-bond acceptors (Lipinski definition) is 5. The van der Waals surface area contributed by atoms with Gasteiger partial charge in [-0.2, -0.15) is 10.2 Å². The molecule has 8 heteroatoms. The van der Waals surface area contributed by atoms with Crippen molar-refractivity contribution in [1.29, 1.82) is 0 Å². The summed E-state index contributed by atoms with van der Waals surface area (Å²) >= 11 is 0. The van der Waals surface area contributed by atoms with E-state index in [1.54, 1.807) is 16.8 Å². The van der Waals surface area contributed by atoms with Crippen molar-refractivity contribution in [2.24, 2.45) is 5.10 Å². The molecule has 0 spiro atoms. The van der Waals surface area contributed by atoms with Gasteiger partial charge in [0.25, 0.3) is 11.6 Å². The zero-order chi connectivity index (χ0) is 27.4. The van der Waals surface area contributed by atoms with Crippen molar-refractivity contribution in [3.63, 3.8) is 0 Å². The van der Waals surface area contributed by atoms with E-state index in [2.05, 4.69) is 27.8 Å². The maximum atomic E-state index is 13.0. The minimum absolute atomic E-state index is 0.0480. The van der Waals surface area contributed by atoms with Gasteiger partial charge in [-0.05, 0) is 54.3 Å². The summed E-state index contributed by atoms with van der Waals surface area (Å²) in [6, 6.07) is 32.3. The molecule has 0 aliphatic heterocycles. The third kappa shape index (κ3) is 5.65. The van der Waals surface area contributed by atoms with Crippen LogP contribution in [0.4, 0.5) is 5.69 Å². The van der Waals surface area contributed by atoms with E-state index in [0.29, 0.717) is 5.56 Å². The first-order chi connectivity index (χ1) is 18.9. The summed E-state index contributed by atoms with van der Waals surface area (Å²) in [5, 5.41) is 19.7. The quantitative estimate of drug-likeness (QED) is 0.152. The molecular weight excluding hydrogens is 490 g/mol. The SMILES string of the molecule is Cc1cccc(-n2nc(C(=O)N/N=C\c3cc([N+](=O)[O-])ccc3C)cc2-c2ccc(-c3ccccc3)cc2)c1. The fourth-order valence-electron chi connectivity index (χ4n) is 4.22. The molecule has 0 bridgehead atoms. The number of aryl methyl sites for hydroxylation is 2. The van der Waals surface area contributed by atoms with Gasteiger partial charge in [-0.1, -0.05) is 72.8 Å². The lowest BCUT2D eigenvalue weighted by atomic mass is 10.0. The van der Waals surface area contributed by atoms with Crippen LogP contribution in [-0.4, -0.2) is 26.8 Å². The van der Waals surface area contributed by atoms with Crippen LogP contribution in [-0.2, 0) is 0 Å². The van der Waals surface area contributed by atoms with Gasteiger partial charge in [-0.3, -0.25) is 14.9 Å². The molecule has 5 aromatic rings. The van der Waals surface area contributed by atoms with Crippen molar-refractivity contribution in [3.8, 4) is 28.1 Å². The summed E-state index contributed by atoms with van der Waals surface area (Å²) in [6.45, 7) is 3.81. The van der Waals surface area contributed by atoms with Crippen molar-refractivity contribution in [3.05, 3.63) is 136 Å². The Kier molecular flexibility index (Phi) is 7.09. The highest BCUT2D eigenvalue weighted by Crippen LogP contribution is 2.28. The number of nitrogens with zero attached hydrogens (tertiary/aromatic N) is 4. The van der Waals surface area contributed by atoms with Crippen LogP contribution in [0.15, 0.2) is 108 Å². The van der Waals surface area contributed by atoms with Crippen LogP contribution in [0.2, 0.25) is 0 Å². The lowest BCUT2D eigenvalue weighted by molar-refractivity contribution is -0.384. The summed E-state index contributed by atoms with van der Waals surface area (Å²) < 4.78 is 1.74. The fraction of sp³-hybridized carbons (Fsp3) is 0.0645. The van der Waals surface area contributed by atoms with E-state index in [0.717, 1.165) is 39.2 Å². The molecular formula is C31H25N5O3. The summed E-state index contributed by atoms with van der Waals surface area (Å²) in [7, 11) is 0. The highest BCUT2D eigenvalue weighted by molar-refractivity contribution is 5.94. The van der Waals surface area contributed by atoms with Crippen molar-refractivity contribution in [1.82, 2.24) is 15.2 Å². The second-order valence-electron chi connectivity index (χ2n) is 9.11. The lowest BCUT2D eigenvalue weighted by Crippen LogP contribution is -2.18. The van der Waals surface area contributed by atoms with Crippen LogP contribution in [0, 0.1) is 24.0 Å². The van der Waals surface area contributed by atoms with Crippen LogP contribution in [0.25, 0.3) is 28.1 Å². The molecule has 0 atom stereocenters. The first-order valence-electron chi connectivity index (χ1n) is 12.3. The van der Waals surface area contributed by atoms with E-state index >= 15 is 0 Å². The number of amides is 1. The number of aromatic nitrogens is 2. The first kappa shape index (κ1) is 25.3. The van der Waals surface area contributed by atoms with Crippen LogP contribution >= 0.6 is 0 Å². The van der Waals surface area contributed by atoms with Crippen molar-refractivity contribution >= 4 is 17.8 Å². The van der Waals surface area contributed by atoms with Gasteiger partial charge < -0.3 is 0 Å². The largest absolute Gasteiger partial charge is 0.291 e. The molecule has 1 aromatic heterocycles. The summed E-state index contributed by atoms with van der Waals surface area (Å²) in [4.78, 5) is 23.6. The second kappa shape index (κ2) is 10.9. The number of carbonyl (C=O) groups excluding carboxylic acids is 1. The van der Waals surface area contributed by atoms with E-state index < -0.39 is 10.8 Å². The number of rotatable bonds is 7. The Balaban J connectivity index is 1.45. The van der Waals surface area contributed by atoms with Gasteiger partial charge in [0, 0.05) is 23.3 Å². The number of hydrogen-bond donors (Lipinski definition) is 1. The Morgan fingerprint density at radius 2 is 1.59 bits per heavy atom. The molecule has 8 nitrogen and oxygen atoms in total. The van der Waals surface area contributed by atoms with Gasteiger partial charge in [0.05, 0.1) is 22.5 Å². The number of non-ortho nitro benzene ring substituents is 1. The van der Waals surface area contributed by atoms with E-state index in [9.17, 15) is 14.9 Å². The second-order valence-corrected chi connectivity index (χ2v) is 9.11. The monoisotopic (exact) mass is 515 g/mol. The molecule has 39 heavy (non-hydrogen) atoms. The standard InChI is InChI=1S/C31H25N5O3/c1-21-7-6-10-27(17-21)35-30(25-14-12-24(13-15-25)23-8-4-3-5-9-23)19-29(34-35)31(37)33-32-20-26-18-28(36(38)39)16-11-22(26)2/h3-20H,1-2H3,(H,33,37)/b32-20-. The normalized spacial score (nSPS) is 11.0. The smallest absolute Gasteiger partial charge is 0.265 e. The van der Waals surface area contributed by atoms with Crippen molar-refractivity contribution in [2.45, 2.75) is 13.8 Å². The third-order valence-corrected chi connectivity index (χ3v) is 6.32. The van der Waals surface area contributed by atoms with Gasteiger partial charge in [0.2, 0.25) is 0 Å². The average molecular weight is 516 g/mol. The molecule has 1 heterocycles. The summed E-state index contributed by atoms with van der Waals surface area (Å²) in [5.41, 5.74) is 9.72. The molecule has 0 aliphatic rings. The highest BCUT2D eigenvalue weighted by atomic mass is 16.6. The molecule has 1 N–H and O–H groups in total. The zero-order valence-corrected chi connectivity index (χ0v) is 21.4. The molecule has 0 radical (unpaired) electrons. The number of benzene rings is 4. The number of nitro groups is 1. The Hall–Kier alpha value is -5.37. The molecule has 0 aliphatic carbocycles. The van der Waals surface area contributed by atoms with Gasteiger partial charge >= 0.3 is 0 Å². The van der Waals surface area contributed by atoms with Gasteiger partial charge in [-0.25, -0.2) is 10.1 Å². The van der Waals surface area contributed by atoms with Gasteiger partial charge in [-0.15, -0.1) is 0 Å². The molecule has 1 amide bonds. The van der Waals surface area contributed by atoms with E-state index in [1.807, 2.05) is 80.6 Å². The first-order valence-corrected chi connectivity index (χ1v) is 12.3. The zero-order valence-electron chi connectivity index (χ0n) is 21.4. The fourth-order valence-corrected chi connectivity index (χ4v) is 4.22. The Morgan fingerprint density at radius 1 is 0.872 bits per heavy atom. The predicted octanol–water partition coefficient (Wildman–Crippen LogP) is 6.50. The van der Waals surface area contributed by atoms with Crippen LogP contribution < -0.4 is 5.43 Å². The third-order valence-electron chi connectivity index (χ3n) is 6.32. The number of carbonyl (C=O) groups is 1. The molecule has 192 valence electrons. The molecule has 0 fully saturated rings.